The van der Waals surface area contributed by atoms with Crippen molar-refractivity contribution in [3.8, 4) is 22.9 Å². The molecule has 4 aromatic rings. The molecule has 186 valence electrons. The van der Waals surface area contributed by atoms with Crippen LogP contribution >= 0.6 is 22.9 Å². The summed E-state index contributed by atoms with van der Waals surface area (Å²) in [6.45, 7) is 2.41. The molecule has 2 amide bonds. The number of amides is 2. The van der Waals surface area contributed by atoms with Crippen molar-refractivity contribution in [1.82, 2.24) is 29.6 Å². The number of ether oxygens (including phenoxy) is 1. The van der Waals surface area contributed by atoms with Crippen molar-refractivity contribution >= 4 is 39.9 Å². The fraction of sp³-hybridized carbons (Fsp3) is 0.208. The number of nitrogens with zero attached hydrogens (tertiary/aromatic N) is 7. The smallest absolute Gasteiger partial charge is 0.274 e. The van der Waals surface area contributed by atoms with E-state index in [-0.39, 0.29) is 28.9 Å². The number of aryl methyl sites for hydroxylation is 2. The quantitative estimate of drug-likeness (QED) is 0.383. The van der Waals surface area contributed by atoms with Crippen LogP contribution in [0.3, 0.4) is 0 Å². The van der Waals surface area contributed by atoms with E-state index in [0.717, 1.165) is 4.88 Å². The highest BCUT2D eigenvalue weighted by atomic mass is 35.5. The zero-order valence-electron chi connectivity index (χ0n) is 19.9. The van der Waals surface area contributed by atoms with Gasteiger partial charge in [-0.15, -0.1) is 0 Å². The predicted molar refractivity (Wildman–Crippen MR) is 135 cm³/mol. The van der Waals surface area contributed by atoms with Gasteiger partial charge in [-0.2, -0.15) is 10.4 Å². The standard InChI is InChI=1S/C24H19ClN8O3S/c1-12-4-14(15-5-20(25)28-9-18(15)36-3)16(8-27-12)22(34)31-24-30-17-10-33(11-19(17)37-24)23(35)21-13(6-26)7-29-32(21)2/h4-5,7-9H,10-11H2,1-3H3,(H,30,31,34). The number of carbonyl (C=O) groups excluding carboxylic acids is 2. The number of rotatable bonds is 5. The van der Waals surface area contributed by atoms with E-state index in [2.05, 4.69) is 25.4 Å². The monoisotopic (exact) mass is 534 g/mol. The molecule has 4 aromatic heterocycles. The number of hydrogen-bond acceptors (Lipinski definition) is 9. The van der Waals surface area contributed by atoms with Gasteiger partial charge in [0.15, 0.2) is 5.13 Å². The lowest BCUT2D eigenvalue weighted by molar-refractivity contribution is 0.0739. The number of thiazole rings is 1. The van der Waals surface area contributed by atoms with Gasteiger partial charge in [-0.05, 0) is 19.1 Å². The molecule has 5 heterocycles. The second kappa shape index (κ2) is 9.61. The maximum absolute atomic E-state index is 13.3. The lowest BCUT2D eigenvalue weighted by Gasteiger charge is -2.16. The Kier molecular flexibility index (Phi) is 6.32. The summed E-state index contributed by atoms with van der Waals surface area (Å²) in [4.78, 5) is 41.6. The minimum Gasteiger partial charge on any atom is -0.494 e. The van der Waals surface area contributed by atoms with E-state index in [1.807, 2.05) is 13.0 Å². The molecule has 0 radical (unpaired) electrons. The zero-order chi connectivity index (χ0) is 26.3. The average molecular weight is 535 g/mol. The number of anilines is 1. The number of fused-ring (bicyclic) bond motifs is 1. The lowest BCUT2D eigenvalue weighted by atomic mass is 10.0. The third-order valence-electron chi connectivity index (χ3n) is 5.85. The molecule has 0 saturated carbocycles. The first-order valence-electron chi connectivity index (χ1n) is 11.0. The summed E-state index contributed by atoms with van der Waals surface area (Å²) >= 11 is 7.41. The molecule has 0 spiro atoms. The molecule has 11 nitrogen and oxygen atoms in total. The normalized spacial score (nSPS) is 12.2. The van der Waals surface area contributed by atoms with Crippen LogP contribution in [0.5, 0.6) is 5.75 Å². The second-order valence-corrected chi connectivity index (χ2v) is 9.70. The van der Waals surface area contributed by atoms with Gasteiger partial charge in [0, 0.05) is 30.1 Å². The van der Waals surface area contributed by atoms with Crippen LogP contribution in [0.4, 0.5) is 5.13 Å². The third-order valence-corrected chi connectivity index (χ3v) is 7.06. The minimum absolute atomic E-state index is 0.221. The van der Waals surface area contributed by atoms with Crippen LogP contribution in [0.1, 0.15) is 42.7 Å². The second-order valence-electron chi connectivity index (χ2n) is 8.23. The van der Waals surface area contributed by atoms with E-state index >= 15 is 0 Å². The van der Waals surface area contributed by atoms with Crippen molar-refractivity contribution in [3.05, 3.63) is 69.0 Å². The maximum Gasteiger partial charge on any atom is 0.274 e. The zero-order valence-corrected chi connectivity index (χ0v) is 21.5. The van der Waals surface area contributed by atoms with Gasteiger partial charge in [-0.25, -0.2) is 9.97 Å². The Morgan fingerprint density at radius 3 is 2.73 bits per heavy atom. The van der Waals surface area contributed by atoms with Crippen molar-refractivity contribution in [3.63, 3.8) is 0 Å². The van der Waals surface area contributed by atoms with Crippen LogP contribution in [0.2, 0.25) is 5.15 Å². The van der Waals surface area contributed by atoms with Crippen molar-refractivity contribution in [2.75, 3.05) is 12.4 Å². The van der Waals surface area contributed by atoms with E-state index in [1.54, 1.807) is 24.1 Å². The van der Waals surface area contributed by atoms with Crippen molar-refractivity contribution < 1.29 is 14.3 Å². The Hall–Kier alpha value is -4.34. The summed E-state index contributed by atoms with van der Waals surface area (Å²) in [5.74, 6) is -0.228. The largest absolute Gasteiger partial charge is 0.494 e. The van der Waals surface area contributed by atoms with E-state index < -0.39 is 5.91 Å². The molecule has 37 heavy (non-hydrogen) atoms. The number of methoxy groups -OCH3 is 1. The number of nitrogens with one attached hydrogen (secondary N) is 1. The Morgan fingerprint density at radius 2 is 2.00 bits per heavy atom. The van der Waals surface area contributed by atoms with Gasteiger partial charge < -0.3 is 9.64 Å². The molecule has 1 aliphatic heterocycles. The van der Waals surface area contributed by atoms with Crippen LogP contribution < -0.4 is 10.1 Å². The number of hydrogen-bond donors (Lipinski definition) is 1. The molecule has 0 bridgehead atoms. The van der Waals surface area contributed by atoms with Crippen molar-refractivity contribution in [2.45, 2.75) is 20.0 Å². The van der Waals surface area contributed by atoms with Gasteiger partial charge in [0.25, 0.3) is 11.8 Å². The van der Waals surface area contributed by atoms with E-state index in [9.17, 15) is 14.9 Å². The molecular formula is C24H19ClN8O3S. The minimum atomic E-state index is -0.397. The predicted octanol–water partition coefficient (Wildman–Crippen LogP) is 3.58. The fourth-order valence-electron chi connectivity index (χ4n) is 4.08. The van der Waals surface area contributed by atoms with Gasteiger partial charge in [-0.1, -0.05) is 22.9 Å². The average Bonchev–Trinajstić information content (AvgIpc) is 3.56. The first-order valence-corrected chi connectivity index (χ1v) is 12.2. The van der Waals surface area contributed by atoms with Gasteiger partial charge in [0.1, 0.15) is 28.2 Å². The Balaban J connectivity index is 1.37. The summed E-state index contributed by atoms with van der Waals surface area (Å²) in [6, 6.07) is 5.41. The van der Waals surface area contributed by atoms with Crippen LogP contribution in [-0.2, 0) is 20.1 Å². The molecular weight excluding hydrogens is 516 g/mol. The highest BCUT2D eigenvalue weighted by molar-refractivity contribution is 7.16. The van der Waals surface area contributed by atoms with Gasteiger partial charge in [-0.3, -0.25) is 24.6 Å². The van der Waals surface area contributed by atoms with Crippen LogP contribution in [-0.4, -0.2) is 48.6 Å². The molecule has 5 rings (SSSR count). The molecule has 0 aliphatic carbocycles. The van der Waals surface area contributed by atoms with E-state index in [0.29, 0.717) is 45.5 Å². The number of carbonyl (C=O) groups is 2. The van der Waals surface area contributed by atoms with Gasteiger partial charge >= 0.3 is 0 Å². The molecule has 13 heteroatoms. The molecule has 0 fully saturated rings. The topological polar surface area (TPSA) is 139 Å². The molecule has 1 N–H and O–H groups in total. The summed E-state index contributed by atoms with van der Waals surface area (Å²) in [7, 11) is 3.14. The number of aromatic nitrogens is 5. The van der Waals surface area contributed by atoms with Crippen molar-refractivity contribution in [1.29, 1.82) is 5.26 Å². The van der Waals surface area contributed by atoms with Crippen LogP contribution in [0.25, 0.3) is 11.1 Å². The first-order chi connectivity index (χ1) is 17.8. The number of nitriles is 1. The number of pyridine rings is 2. The molecule has 0 unspecified atom stereocenters. The summed E-state index contributed by atoms with van der Waals surface area (Å²) in [6.07, 6.45) is 4.36. The highest BCUT2D eigenvalue weighted by Gasteiger charge is 2.31. The highest BCUT2D eigenvalue weighted by Crippen LogP contribution is 2.35. The Morgan fingerprint density at radius 1 is 1.19 bits per heavy atom. The Bertz CT molecular complexity index is 1580. The third kappa shape index (κ3) is 4.50. The fourth-order valence-corrected chi connectivity index (χ4v) is 5.22. The summed E-state index contributed by atoms with van der Waals surface area (Å²) in [5, 5.41) is 16.8. The first kappa shape index (κ1) is 24.4. The van der Waals surface area contributed by atoms with E-state index in [1.165, 1.54) is 41.7 Å². The SMILES string of the molecule is COc1cnc(Cl)cc1-c1cc(C)ncc1C(=O)Nc1nc2c(s1)CN(C(=O)c1c(C#N)cnn1C)C2. The lowest BCUT2D eigenvalue weighted by Crippen LogP contribution is -2.28. The number of halogens is 1. The Labute approximate surface area is 220 Å². The summed E-state index contributed by atoms with van der Waals surface area (Å²) in [5.41, 5.74) is 3.39. The molecule has 0 atom stereocenters. The summed E-state index contributed by atoms with van der Waals surface area (Å²) < 4.78 is 6.82. The molecule has 0 aromatic carbocycles. The molecule has 1 aliphatic rings. The maximum atomic E-state index is 13.3. The van der Waals surface area contributed by atoms with Crippen LogP contribution in [0.15, 0.2) is 30.7 Å². The van der Waals surface area contributed by atoms with Crippen molar-refractivity contribution in [2.24, 2.45) is 7.05 Å². The van der Waals surface area contributed by atoms with Gasteiger partial charge in [0.05, 0.1) is 48.7 Å². The van der Waals surface area contributed by atoms with Gasteiger partial charge in [0.2, 0.25) is 0 Å². The van der Waals surface area contributed by atoms with E-state index in [4.69, 9.17) is 16.3 Å². The molecule has 0 saturated heterocycles. The van der Waals surface area contributed by atoms with Crippen LogP contribution in [0, 0.1) is 18.3 Å².